The lowest BCUT2D eigenvalue weighted by Crippen LogP contribution is -2.39. The van der Waals surface area contributed by atoms with Gasteiger partial charge >= 0.3 is 0 Å². The van der Waals surface area contributed by atoms with Gasteiger partial charge in [-0.25, -0.2) is 4.98 Å². The summed E-state index contributed by atoms with van der Waals surface area (Å²) in [6, 6.07) is 0.0829. The van der Waals surface area contributed by atoms with Gasteiger partial charge in [-0.15, -0.1) is 36.2 Å². The van der Waals surface area contributed by atoms with E-state index in [1.54, 1.807) is 18.6 Å². The molecule has 126 valence electrons. The standard InChI is InChI=1S/C14H17N5OS.2ClH/c15-11(9-1-2-9)6-18-13(20)5-10-8-21-14(19-10)12-7-16-3-4-17-12;;/h3-4,7-9,11H,1-2,5-6,15H2,(H,18,20);2*1H. The Morgan fingerprint density at radius 2 is 2.17 bits per heavy atom. The highest BCUT2D eigenvalue weighted by molar-refractivity contribution is 7.13. The minimum absolute atomic E-state index is 0. The molecule has 1 amide bonds. The molecule has 3 rings (SSSR count). The summed E-state index contributed by atoms with van der Waals surface area (Å²) >= 11 is 1.47. The Morgan fingerprint density at radius 3 is 2.83 bits per heavy atom. The molecular formula is C14H19Cl2N5OS. The van der Waals surface area contributed by atoms with Gasteiger partial charge in [0.2, 0.25) is 5.91 Å². The van der Waals surface area contributed by atoms with Crippen molar-refractivity contribution in [2.24, 2.45) is 11.7 Å². The van der Waals surface area contributed by atoms with E-state index in [1.807, 2.05) is 5.38 Å². The Kier molecular flexibility index (Phi) is 7.84. The Hall–Kier alpha value is -1.28. The van der Waals surface area contributed by atoms with Gasteiger partial charge in [-0.2, -0.15) is 0 Å². The van der Waals surface area contributed by atoms with Gasteiger partial charge < -0.3 is 11.1 Å². The molecule has 23 heavy (non-hydrogen) atoms. The summed E-state index contributed by atoms with van der Waals surface area (Å²) in [4.78, 5) is 24.5. The Bertz CT molecular complexity index is 621. The first kappa shape index (κ1) is 19.8. The summed E-state index contributed by atoms with van der Waals surface area (Å²) in [5, 5.41) is 5.53. The normalized spacial score (nSPS) is 14.3. The maximum absolute atomic E-state index is 11.9. The molecule has 2 heterocycles. The maximum Gasteiger partial charge on any atom is 0.226 e. The van der Waals surface area contributed by atoms with E-state index in [9.17, 15) is 4.79 Å². The molecule has 0 aliphatic heterocycles. The van der Waals surface area contributed by atoms with E-state index < -0.39 is 0 Å². The molecule has 1 aliphatic rings. The van der Waals surface area contributed by atoms with Crippen molar-refractivity contribution in [1.82, 2.24) is 20.3 Å². The summed E-state index contributed by atoms with van der Waals surface area (Å²) in [5.74, 6) is 0.551. The van der Waals surface area contributed by atoms with E-state index in [1.165, 1.54) is 24.2 Å². The second-order valence-electron chi connectivity index (χ2n) is 5.22. The first-order chi connectivity index (χ1) is 10.2. The minimum atomic E-state index is -0.0397. The number of nitrogens with zero attached hydrogens (tertiary/aromatic N) is 3. The van der Waals surface area contributed by atoms with Crippen molar-refractivity contribution in [3.05, 3.63) is 29.7 Å². The fourth-order valence-corrected chi connectivity index (χ4v) is 2.84. The largest absolute Gasteiger partial charge is 0.354 e. The lowest BCUT2D eigenvalue weighted by molar-refractivity contribution is -0.120. The summed E-state index contributed by atoms with van der Waals surface area (Å²) in [6.07, 6.45) is 7.55. The zero-order chi connectivity index (χ0) is 14.7. The molecule has 0 spiro atoms. The summed E-state index contributed by atoms with van der Waals surface area (Å²) in [5.41, 5.74) is 7.43. The molecule has 0 radical (unpaired) electrons. The highest BCUT2D eigenvalue weighted by Crippen LogP contribution is 2.31. The van der Waals surface area contributed by atoms with Gasteiger partial charge in [0.1, 0.15) is 10.7 Å². The zero-order valence-corrected chi connectivity index (χ0v) is 14.8. The highest BCUT2D eigenvalue weighted by atomic mass is 35.5. The van der Waals surface area contributed by atoms with Crippen molar-refractivity contribution < 1.29 is 4.79 Å². The third kappa shape index (κ3) is 5.69. The number of hydrogen-bond acceptors (Lipinski definition) is 6. The number of halogens is 2. The number of aromatic nitrogens is 3. The molecule has 9 heteroatoms. The highest BCUT2D eigenvalue weighted by Gasteiger charge is 2.28. The van der Waals surface area contributed by atoms with Gasteiger partial charge in [-0.05, 0) is 18.8 Å². The quantitative estimate of drug-likeness (QED) is 0.802. The molecule has 1 unspecified atom stereocenters. The van der Waals surface area contributed by atoms with E-state index in [0.29, 0.717) is 12.5 Å². The third-order valence-corrected chi connectivity index (χ3v) is 4.35. The van der Waals surface area contributed by atoms with Gasteiger partial charge in [0, 0.05) is 30.4 Å². The number of nitrogens with two attached hydrogens (primary N) is 1. The van der Waals surface area contributed by atoms with Crippen LogP contribution in [0.25, 0.3) is 10.7 Å². The van der Waals surface area contributed by atoms with E-state index in [0.717, 1.165) is 16.4 Å². The van der Waals surface area contributed by atoms with Crippen LogP contribution in [0.15, 0.2) is 24.0 Å². The smallest absolute Gasteiger partial charge is 0.226 e. The monoisotopic (exact) mass is 375 g/mol. The van der Waals surface area contributed by atoms with Crippen LogP contribution in [-0.2, 0) is 11.2 Å². The van der Waals surface area contributed by atoms with Gasteiger partial charge in [0.15, 0.2) is 0 Å². The summed E-state index contributed by atoms with van der Waals surface area (Å²) < 4.78 is 0. The molecule has 1 saturated carbocycles. The van der Waals surface area contributed by atoms with Crippen molar-refractivity contribution >= 4 is 42.1 Å². The molecule has 0 bridgehead atoms. The van der Waals surface area contributed by atoms with Crippen LogP contribution in [0, 0.1) is 5.92 Å². The number of thiazole rings is 1. The van der Waals surface area contributed by atoms with Crippen LogP contribution in [0.5, 0.6) is 0 Å². The molecule has 1 atom stereocenters. The molecule has 0 saturated heterocycles. The topological polar surface area (TPSA) is 93.8 Å². The molecule has 1 fully saturated rings. The van der Waals surface area contributed by atoms with Crippen molar-refractivity contribution in [2.75, 3.05) is 6.54 Å². The van der Waals surface area contributed by atoms with Gasteiger partial charge in [-0.3, -0.25) is 14.8 Å². The molecule has 6 nitrogen and oxygen atoms in total. The molecule has 2 aromatic heterocycles. The van der Waals surface area contributed by atoms with Crippen molar-refractivity contribution in [3.63, 3.8) is 0 Å². The number of amides is 1. The number of rotatable bonds is 6. The molecule has 0 aromatic carbocycles. The third-order valence-electron chi connectivity index (χ3n) is 3.44. The fraction of sp³-hybridized carbons (Fsp3) is 0.429. The van der Waals surface area contributed by atoms with E-state index in [4.69, 9.17) is 5.73 Å². The van der Waals surface area contributed by atoms with E-state index in [2.05, 4.69) is 20.3 Å². The Balaban J connectivity index is 0.00000132. The Morgan fingerprint density at radius 1 is 1.39 bits per heavy atom. The van der Waals surface area contributed by atoms with Crippen molar-refractivity contribution in [1.29, 1.82) is 0 Å². The van der Waals surface area contributed by atoms with Crippen LogP contribution in [0.3, 0.4) is 0 Å². The molecule has 1 aliphatic carbocycles. The number of nitrogens with one attached hydrogen (secondary N) is 1. The number of hydrogen-bond donors (Lipinski definition) is 2. The SMILES string of the molecule is Cl.Cl.NC(CNC(=O)Cc1csc(-c2cnccn2)n1)C1CC1. The zero-order valence-electron chi connectivity index (χ0n) is 12.3. The molecule has 2 aromatic rings. The maximum atomic E-state index is 11.9. The van der Waals surface area contributed by atoms with Gasteiger partial charge in [0.05, 0.1) is 18.3 Å². The molecule has 3 N–H and O–H groups in total. The number of carbonyl (C=O) groups excluding carboxylic acids is 1. The van der Waals surface area contributed by atoms with E-state index >= 15 is 0 Å². The first-order valence-corrected chi connectivity index (χ1v) is 7.83. The van der Waals surface area contributed by atoms with Crippen molar-refractivity contribution in [2.45, 2.75) is 25.3 Å². The first-order valence-electron chi connectivity index (χ1n) is 6.95. The second-order valence-corrected chi connectivity index (χ2v) is 6.07. The lowest BCUT2D eigenvalue weighted by atomic mass is 10.2. The van der Waals surface area contributed by atoms with Crippen LogP contribution >= 0.6 is 36.2 Å². The predicted molar refractivity (Wildman–Crippen MR) is 95.0 cm³/mol. The average molecular weight is 376 g/mol. The fourth-order valence-electron chi connectivity index (χ4n) is 2.07. The van der Waals surface area contributed by atoms with Crippen molar-refractivity contribution in [3.8, 4) is 10.7 Å². The van der Waals surface area contributed by atoms with E-state index in [-0.39, 0.29) is 43.2 Å². The van der Waals surface area contributed by atoms with Crippen LogP contribution in [-0.4, -0.2) is 33.4 Å². The van der Waals surface area contributed by atoms with Crippen LogP contribution in [0.1, 0.15) is 18.5 Å². The summed E-state index contributed by atoms with van der Waals surface area (Å²) in [7, 11) is 0. The van der Waals surface area contributed by atoms with Gasteiger partial charge in [-0.1, -0.05) is 0 Å². The van der Waals surface area contributed by atoms with Gasteiger partial charge in [0.25, 0.3) is 0 Å². The summed E-state index contributed by atoms with van der Waals surface area (Å²) in [6.45, 7) is 0.546. The second kappa shape index (κ2) is 9.12. The van der Waals surface area contributed by atoms with Crippen LogP contribution in [0.2, 0.25) is 0 Å². The Labute approximate surface area is 151 Å². The lowest BCUT2D eigenvalue weighted by Gasteiger charge is -2.10. The molecular weight excluding hydrogens is 357 g/mol. The number of carbonyl (C=O) groups is 1. The minimum Gasteiger partial charge on any atom is -0.354 e. The van der Waals surface area contributed by atoms with Crippen LogP contribution < -0.4 is 11.1 Å². The van der Waals surface area contributed by atoms with Crippen LogP contribution in [0.4, 0.5) is 0 Å². The predicted octanol–water partition coefficient (Wildman–Crippen LogP) is 1.84. The average Bonchev–Trinajstić information content (AvgIpc) is 3.26.